The number of nitrogens with zero attached hydrogens (tertiary/aromatic N) is 2. The number of hydrogen-bond donors (Lipinski definition) is 11. The molecule has 6 aliphatic heterocycles. The van der Waals surface area contributed by atoms with Crippen LogP contribution in [0.3, 0.4) is 0 Å². The number of aliphatic carboxylic acids is 2. The quantitative estimate of drug-likeness (QED) is 0.0268. The lowest BCUT2D eigenvalue weighted by molar-refractivity contribution is -0.197. The van der Waals surface area contributed by atoms with Gasteiger partial charge in [0.25, 0.3) is 23.6 Å². The van der Waals surface area contributed by atoms with E-state index < -0.39 is 67.4 Å². The number of carboxylic acid groups (broad SMARTS) is 2. The topological polar surface area (TPSA) is 280 Å². The molecule has 4 amide bonds. The van der Waals surface area contributed by atoms with E-state index in [-0.39, 0.29) is 101 Å². The molecule has 6 heterocycles. The minimum Gasteiger partial charge on any atom is -0.481 e. The van der Waals surface area contributed by atoms with Crippen molar-refractivity contribution in [2.45, 2.75) is 156 Å². The van der Waals surface area contributed by atoms with E-state index in [1.54, 1.807) is 11.8 Å². The first-order valence-electron chi connectivity index (χ1n) is 24.8. The second-order valence-corrected chi connectivity index (χ2v) is 42.2. The number of unbranched alkanes of at least 4 members (excludes halogenated alkanes) is 1. The lowest BCUT2D eigenvalue weighted by Crippen LogP contribution is -2.65. The van der Waals surface area contributed by atoms with Crippen LogP contribution in [-0.2, 0) is 48.0 Å². The summed E-state index contributed by atoms with van der Waals surface area (Å²) in [6.45, 7) is 1.92. The first-order valence-corrected chi connectivity index (χ1v) is 38.5. The molecule has 8 N–H and O–H groups in total. The van der Waals surface area contributed by atoms with Gasteiger partial charge >= 0.3 is 23.9 Å². The lowest BCUT2D eigenvalue weighted by Gasteiger charge is -2.75. The van der Waals surface area contributed by atoms with Gasteiger partial charge in [-0.25, -0.2) is 69.2 Å². The fourth-order valence-electron chi connectivity index (χ4n) is 11.8. The van der Waals surface area contributed by atoms with Crippen LogP contribution in [0.2, 0.25) is 0 Å². The smallest absolute Gasteiger partial charge is 0.333 e. The number of carboxylic acids is 2. The molecule has 0 radical (unpaired) electrons. The van der Waals surface area contributed by atoms with Crippen LogP contribution in [-0.4, -0.2) is 175 Å². The Morgan fingerprint density at radius 3 is 1.57 bits per heavy atom. The number of rotatable bonds is 25. The summed E-state index contributed by atoms with van der Waals surface area (Å²) in [6.07, 6.45) is 9.08. The number of thioether (sulfide) groups is 2. The highest BCUT2D eigenvalue weighted by Crippen LogP contribution is 2.90. The third-order valence-corrected chi connectivity index (χ3v) is 48.2. The molecule has 0 aromatic rings. The number of carbonyl (C=O) groups is 8. The summed E-state index contributed by atoms with van der Waals surface area (Å²) in [6, 6.07) is 0. The van der Waals surface area contributed by atoms with Gasteiger partial charge in [-0.05, 0) is 79.0 Å². The molecule has 1 aliphatic carbocycles. The van der Waals surface area contributed by atoms with Gasteiger partial charge in [0.15, 0.2) is 0 Å². The molecule has 398 valence electrons. The van der Waals surface area contributed by atoms with Gasteiger partial charge in [0, 0.05) is 112 Å². The Bertz CT molecular complexity index is 1860. The average Bonchev–Trinajstić information content (AvgIpc) is 3.94. The number of hydroxylamine groups is 4. The van der Waals surface area contributed by atoms with Crippen molar-refractivity contribution in [2.75, 3.05) is 59.9 Å². The Kier molecular flexibility index (Phi) is 21.2. The van der Waals surface area contributed by atoms with Crippen LogP contribution >= 0.6 is 83.1 Å². The van der Waals surface area contributed by atoms with Crippen molar-refractivity contribution in [2.24, 2.45) is 17.2 Å². The van der Waals surface area contributed by atoms with Crippen molar-refractivity contribution >= 4 is 131 Å². The van der Waals surface area contributed by atoms with Gasteiger partial charge in [0.2, 0.25) is 0 Å². The molecule has 17 nitrogen and oxygen atoms in total. The Labute approximate surface area is 429 Å². The molecule has 0 aromatic heterocycles. The van der Waals surface area contributed by atoms with Crippen molar-refractivity contribution in [1.82, 2.24) is 10.1 Å². The van der Waals surface area contributed by atoms with Gasteiger partial charge in [-0.1, -0.05) is 19.3 Å². The predicted molar refractivity (Wildman–Crippen MR) is 294 cm³/mol. The number of amides is 4. The zero-order valence-electron chi connectivity index (χ0n) is 39.4. The maximum absolute atomic E-state index is 13.3. The molecule has 7 aliphatic rings. The second-order valence-electron chi connectivity index (χ2n) is 18.8. The zero-order chi connectivity index (χ0) is 49.4. The van der Waals surface area contributed by atoms with Gasteiger partial charge in [-0.3, -0.25) is 28.8 Å². The summed E-state index contributed by atoms with van der Waals surface area (Å²) < 4.78 is 0. The van der Waals surface area contributed by atoms with Crippen molar-refractivity contribution in [1.29, 1.82) is 0 Å². The minimum absolute atomic E-state index is 0.00216. The molecule has 0 aromatic carbocycles. The van der Waals surface area contributed by atoms with Gasteiger partial charge in [0.05, 0.1) is 5.75 Å². The van der Waals surface area contributed by atoms with E-state index in [0.717, 1.165) is 73.7 Å². The summed E-state index contributed by atoms with van der Waals surface area (Å²) in [5.41, 5.74) is 19.2. The Morgan fingerprint density at radius 1 is 0.565 bits per heavy atom. The fraction of sp³-hybridized carbons (Fsp3) is 0.818. The van der Waals surface area contributed by atoms with E-state index >= 15 is 0 Å². The summed E-state index contributed by atoms with van der Waals surface area (Å²) in [5.74, 6) is 0.752. The number of fused-ring (bicyclic) bond motifs is 8. The van der Waals surface area contributed by atoms with Crippen LogP contribution in [0.25, 0.3) is 0 Å². The van der Waals surface area contributed by atoms with Crippen LogP contribution in [0.5, 0.6) is 0 Å². The summed E-state index contributed by atoms with van der Waals surface area (Å²) in [4.78, 5) is 110. The molecule has 0 spiro atoms. The number of nitrogens with two attached hydrogens (primary N) is 3. The molecule has 15 unspecified atom stereocenters. The minimum atomic E-state index is -0.844. The van der Waals surface area contributed by atoms with E-state index in [4.69, 9.17) is 26.9 Å². The Hall–Kier alpha value is -1.16. The third kappa shape index (κ3) is 13.0. The fourth-order valence-corrected chi connectivity index (χ4v) is 53.8. The Morgan fingerprint density at radius 2 is 1.06 bits per heavy atom. The molecule has 7 rings (SSSR count). The summed E-state index contributed by atoms with van der Waals surface area (Å²) >= 11 is 3.63. The number of hydrogen-bond acceptors (Lipinski definition) is 15. The van der Waals surface area contributed by atoms with Gasteiger partial charge in [-0.15, -0.1) is 21.9 Å². The predicted octanol–water partition coefficient (Wildman–Crippen LogP) is 3.92. The van der Waals surface area contributed by atoms with Gasteiger partial charge < -0.3 is 37.1 Å². The zero-order valence-corrected chi connectivity index (χ0v) is 46.4. The van der Waals surface area contributed by atoms with Crippen LogP contribution in [0, 0.1) is 0 Å². The summed E-state index contributed by atoms with van der Waals surface area (Å²) in [5, 5.41) is 24.8. The van der Waals surface area contributed by atoms with E-state index in [1.807, 2.05) is 0 Å². The molecular weight excluding hydrogens is 1050 g/mol. The second kappa shape index (κ2) is 26.4. The van der Waals surface area contributed by atoms with Crippen molar-refractivity contribution < 1.29 is 58.2 Å². The standard InChI is InChI=1S/C44H77N5O12S8/c45-18-21-62-29-8-2-3-9-30(63-27-36(56)57)40-41(43-44(42-39(29)66(25-19-46)67(42)26-20-47)69-28(17-24-68(43)69)7-1-4-10-35(54)55)65(23-6-12-38(59)61-49-33(52)15-16-34(49)53)64(40)22-5-11-37(58)60-48-31(50)13-14-32(48)51/h28-30,39-44,64-69H,1-27,45-47H2,(H,54,55)(H,56,57). The Balaban J connectivity index is 1.24. The molecule has 15 atom stereocenters. The SMILES string of the molecule is NCCSC1CCCCC(SCC(=O)O)C2C(C3C(C4C1[SH](CCN)[SH]4CCN)[SH]1C(CCCCC(=O)O)CC[SH]31)[SH](CCCC(=O)ON1C(=O)CCC1=O)[SH]2CCCC(=O)ON1C(=O)CCC1=O. The summed E-state index contributed by atoms with van der Waals surface area (Å²) in [7, 11) is -2.83. The number of carbonyl (C=O) groups excluding carboxylic acids is 6. The maximum atomic E-state index is 13.3. The highest BCUT2D eigenvalue weighted by Gasteiger charge is 2.67. The van der Waals surface area contributed by atoms with Crippen LogP contribution in [0.4, 0.5) is 0 Å². The molecule has 25 heteroatoms. The first-order chi connectivity index (χ1) is 33.3. The van der Waals surface area contributed by atoms with Crippen LogP contribution < -0.4 is 17.2 Å². The molecule has 69 heavy (non-hydrogen) atoms. The molecule has 6 saturated heterocycles. The van der Waals surface area contributed by atoms with Crippen molar-refractivity contribution in [3.8, 4) is 0 Å². The normalized spacial score (nSPS) is 38.2. The highest BCUT2D eigenvalue weighted by molar-refractivity contribution is 8.99. The average molecular weight is 1120 g/mol. The molecule has 1 saturated carbocycles. The van der Waals surface area contributed by atoms with Gasteiger partial charge in [0.1, 0.15) is 0 Å². The van der Waals surface area contributed by atoms with Crippen molar-refractivity contribution in [3.63, 3.8) is 0 Å². The number of thiol groups is 6. The van der Waals surface area contributed by atoms with Crippen LogP contribution in [0.15, 0.2) is 0 Å². The molecular formula is C44H77N5O12S8. The molecule has 7 fully saturated rings. The highest BCUT2D eigenvalue weighted by atomic mass is 33.2. The van der Waals surface area contributed by atoms with E-state index in [9.17, 15) is 48.6 Å². The van der Waals surface area contributed by atoms with Gasteiger partial charge in [-0.2, -0.15) is 11.8 Å². The number of imide groups is 2. The first kappa shape index (κ1) is 55.6. The largest absolute Gasteiger partial charge is 0.481 e. The third-order valence-electron chi connectivity index (χ3n) is 14.5. The van der Waals surface area contributed by atoms with E-state index in [1.165, 1.54) is 5.75 Å². The van der Waals surface area contributed by atoms with Crippen molar-refractivity contribution in [3.05, 3.63) is 0 Å². The lowest BCUT2D eigenvalue weighted by atomic mass is 9.98. The van der Waals surface area contributed by atoms with E-state index in [2.05, 4.69) is 11.8 Å². The monoisotopic (exact) mass is 1120 g/mol. The maximum Gasteiger partial charge on any atom is 0.333 e. The van der Waals surface area contributed by atoms with E-state index in [0.29, 0.717) is 85.8 Å². The van der Waals surface area contributed by atoms with Crippen LogP contribution in [0.1, 0.15) is 109 Å². The molecule has 0 bridgehead atoms.